The Bertz CT molecular complexity index is 394. The molecule has 1 aliphatic carbocycles. The Hall–Kier alpha value is -0.0900. The van der Waals surface area contributed by atoms with Crippen molar-refractivity contribution in [3.63, 3.8) is 0 Å². The highest BCUT2D eigenvalue weighted by atomic mass is 32.2. The Balaban J connectivity index is 2.78. The van der Waals surface area contributed by atoms with Gasteiger partial charge >= 0.3 is 0 Å². The summed E-state index contributed by atoms with van der Waals surface area (Å²) in [4.78, 5) is 0. The number of sulfonamides is 1. The van der Waals surface area contributed by atoms with Crippen LogP contribution in [0.3, 0.4) is 0 Å². The van der Waals surface area contributed by atoms with Crippen LogP contribution < -0.4 is 0 Å². The molecule has 0 atom stereocenters. The van der Waals surface area contributed by atoms with Gasteiger partial charge in [-0.1, -0.05) is 20.8 Å². The smallest absolute Gasteiger partial charge is 0.211 e. The Kier molecular flexibility index (Phi) is 3.97. The average molecular weight is 275 g/mol. The van der Waals surface area contributed by atoms with Crippen molar-refractivity contribution in [3.8, 4) is 0 Å². The van der Waals surface area contributed by atoms with Gasteiger partial charge in [0.25, 0.3) is 0 Å². The molecule has 1 rings (SSSR count). The van der Waals surface area contributed by atoms with Gasteiger partial charge in [0.15, 0.2) is 0 Å². The fourth-order valence-corrected chi connectivity index (χ4v) is 4.26. The zero-order valence-electron chi connectivity index (χ0n) is 13.0. The zero-order chi connectivity index (χ0) is 14.4. The van der Waals surface area contributed by atoms with Gasteiger partial charge in [-0.05, 0) is 50.9 Å². The highest BCUT2D eigenvalue weighted by Crippen LogP contribution is 2.60. The molecule has 3 nitrogen and oxygen atoms in total. The molecule has 1 saturated carbocycles. The van der Waals surface area contributed by atoms with Gasteiger partial charge in [0.2, 0.25) is 10.0 Å². The molecule has 0 bridgehead atoms. The summed E-state index contributed by atoms with van der Waals surface area (Å²) in [6, 6.07) is 0. The molecule has 0 saturated heterocycles. The lowest BCUT2D eigenvalue weighted by atomic mass is 9.75. The normalized spacial score (nSPS) is 20.2. The van der Waals surface area contributed by atoms with Crippen molar-refractivity contribution >= 4 is 10.0 Å². The lowest BCUT2D eigenvalue weighted by Crippen LogP contribution is -2.46. The van der Waals surface area contributed by atoms with Gasteiger partial charge in [0, 0.05) is 12.1 Å². The molecule has 4 heteroatoms. The second-order valence-electron chi connectivity index (χ2n) is 7.79. The Morgan fingerprint density at radius 2 is 1.50 bits per heavy atom. The van der Waals surface area contributed by atoms with E-state index in [2.05, 4.69) is 20.8 Å². The van der Waals surface area contributed by atoms with Crippen LogP contribution in [0.2, 0.25) is 0 Å². The first-order valence-electron chi connectivity index (χ1n) is 6.77. The van der Waals surface area contributed by atoms with Crippen LogP contribution in [0, 0.1) is 10.8 Å². The fraction of sp³-hybridized carbons (Fsp3) is 1.00. The van der Waals surface area contributed by atoms with Gasteiger partial charge in [-0.25, -0.2) is 8.42 Å². The number of rotatable bonds is 4. The van der Waals surface area contributed by atoms with Crippen molar-refractivity contribution in [2.24, 2.45) is 10.8 Å². The first kappa shape index (κ1) is 16.0. The van der Waals surface area contributed by atoms with Crippen LogP contribution in [0.4, 0.5) is 0 Å². The summed E-state index contributed by atoms with van der Waals surface area (Å²) < 4.78 is 25.4. The Labute approximate surface area is 113 Å². The molecule has 0 aliphatic heterocycles. The van der Waals surface area contributed by atoms with Crippen LogP contribution in [0.15, 0.2) is 0 Å². The van der Waals surface area contributed by atoms with Crippen molar-refractivity contribution in [2.75, 3.05) is 12.8 Å². The minimum absolute atomic E-state index is 0.272. The third kappa shape index (κ3) is 3.47. The second-order valence-corrected chi connectivity index (χ2v) is 9.69. The minimum atomic E-state index is -3.13. The van der Waals surface area contributed by atoms with E-state index in [-0.39, 0.29) is 11.0 Å². The summed E-state index contributed by atoms with van der Waals surface area (Å²) in [5.74, 6) is 0. The molecule has 18 heavy (non-hydrogen) atoms. The molecule has 0 aromatic carbocycles. The highest BCUT2D eigenvalue weighted by Gasteiger charge is 2.51. The average Bonchev–Trinajstić information content (AvgIpc) is 2.78. The Morgan fingerprint density at radius 3 is 1.72 bits per heavy atom. The predicted molar refractivity (Wildman–Crippen MR) is 77.0 cm³/mol. The molecule has 0 amide bonds. The van der Waals surface area contributed by atoms with Crippen LogP contribution in [0.1, 0.15) is 60.8 Å². The summed E-state index contributed by atoms with van der Waals surface area (Å²) in [5.41, 5.74) is 0.288. The first-order chi connectivity index (χ1) is 7.80. The quantitative estimate of drug-likeness (QED) is 0.789. The lowest BCUT2D eigenvalue weighted by Gasteiger charge is -2.37. The topological polar surface area (TPSA) is 37.4 Å². The van der Waals surface area contributed by atoms with Crippen LogP contribution in [-0.4, -0.2) is 31.1 Å². The number of hydrogen-bond acceptors (Lipinski definition) is 2. The van der Waals surface area contributed by atoms with Gasteiger partial charge in [0.1, 0.15) is 0 Å². The summed E-state index contributed by atoms with van der Waals surface area (Å²) >= 11 is 0. The summed E-state index contributed by atoms with van der Waals surface area (Å²) in [6.07, 6.45) is 4.76. The van der Waals surface area contributed by atoms with E-state index >= 15 is 0 Å². The van der Waals surface area contributed by atoms with E-state index in [0.717, 1.165) is 6.42 Å². The summed E-state index contributed by atoms with van der Waals surface area (Å²) in [6.45, 7) is 13.3. The zero-order valence-corrected chi connectivity index (χ0v) is 13.8. The SMILES string of the molecule is CC(C)(C)N(CCC1(C(C)(C)C)CC1)S(C)(=O)=O. The summed E-state index contributed by atoms with van der Waals surface area (Å²) in [7, 11) is -3.13. The van der Waals surface area contributed by atoms with E-state index in [1.54, 1.807) is 4.31 Å². The van der Waals surface area contributed by atoms with E-state index in [9.17, 15) is 8.42 Å². The van der Waals surface area contributed by atoms with Crippen LogP contribution in [-0.2, 0) is 10.0 Å². The molecule has 0 N–H and O–H groups in total. The van der Waals surface area contributed by atoms with E-state index in [0.29, 0.717) is 12.0 Å². The van der Waals surface area contributed by atoms with Gasteiger partial charge < -0.3 is 0 Å². The molecular formula is C14H29NO2S. The van der Waals surface area contributed by atoms with Gasteiger partial charge in [-0.15, -0.1) is 0 Å². The van der Waals surface area contributed by atoms with Crippen molar-refractivity contribution in [1.82, 2.24) is 4.31 Å². The fourth-order valence-electron chi connectivity index (χ4n) is 2.84. The molecule has 0 spiro atoms. The molecule has 1 fully saturated rings. The molecule has 0 unspecified atom stereocenters. The van der Waals surface area contributed by atoms with Gasteiger partial charge in [-0.3, -0.25) is 0 Å². The van der Waals surface area contributed by atoms with Crippen molar-refractivity contribution in [3.05, 3.63) is 0 Å². The van der Waals surface area contributed by atoms with E-state index in [4.69, 9.17) is 0 Å². The maximum atomic E-state index is 11.9. The largest absolute Gasteiger partial charge is 0.212 e. The second kappa shape index (κ2) is 4.48. The van der Waals surface area contributed by atoms with Crippen LogP contribution in [0.5, 0.6) is 0 Å². The summed E-state index contributed by atoms with van der Waals surface area (Å²) in [5, 5.41) is 0. The highest BCUT2D eigenvalue weighted by molar-refractivity contribution is 7.88. The maximum absolute atomic E-state index is 11.9. The predicted octanol–water partition coefficient (Wildman–Crippen LogP) is 3.26. The third-order valence-corrected chi connectivity index (χ3v) is 5.92. The molecule has 0 radical (unpaired) electrons. The van der Waals surface area contributed by atoms with Crippen molar-refractivity contribution in [1.29, 1.82) is 0 Å². The number of nitrogens with zero attached hydrogens (tertiary/aromatic N) is 1. The van der Waals surface area contributed by atoms with E-state index in [1.165, 1.54) is 19.1 Å². The lowest BCUT2D eigenvalue weighted by molar-refractivity contribution is 0.162. The van der Waals surface area contributed by atoms with Gasteiger partial charge in [-0.2, -0.15) is 4.31 Å². The third-order valence-electron chi connectivity index (χ3n) is 4.39. The maximum Gasteiger partial charge on any atom is 0.211 e. The molecule has 0 heterocycles. The minimum Gasteiger partial charge on any atom is -0.212 e. The standard InChI is InChI=1S/C14H29NO2S/c1-12(2,3)14(8-9-14)10-11-15(13(4,5)6)18(7,16)17/h8-11H2,1-7H3. The van der Waals surface area contributed by atoms with Crippen LogP contribution >= 0.6 is 0 Å². The van der Waals surface area contributed by atoms with Crippen molar-refractivity contribution < 1.29 is 8.42 Å². The Morgan fingerprint density at radius 1 is 1.06 bits per heavy atom. The molecule has 0 aromatic heterocycles. The van der Waals surface area contributed by atoms with Crippen molar-refractivity contribution in [2.45, 2.75) is 66.3 Å². The number of hydrogen-bond donors (Lipinski definition) is 0. The monoisotopic (exact) mass is 275 g/mol. The molecule has 0 aromatic rings. The van der Waals surface area contributed by atoms with E-state index in [1.807, 2.05) is 20.8 Å². The van der Waals surface area contributed by atoms with Crippen LogP contribution in [0.25, 0.3) is 0 Å². The van der Waals surface area contributed by atoms with E-state index < -0.39 is 10.0 Å². The van der Waals surface area contributed by atoms with Gasteiger partial charge in [0.05, 0.1) is 6.26 Å². The molecular weight excluding hydrogens is 246 g/mol. The first-order valence-corrected chi connectivity index (χ1v) is 8.62. The molecule has 108 valence electrons. The molecule has 1 aliphatic rings.